The van der Waals surface area contributed by atoms with Gasteiger partial charge in [0.1, 0.15) is 85.5 Å². The zero-order valence-electron chi connectivity index (χ0n) is 36.4. The summed E-state index contributed by atoms with van der Waals surface area (Å²) in [4.78, 5) is 0. The molecule has 0 aromatic carbocycles. The molecule has 3 aliphatic heterocycles. The summed E-state index contributed by atoms with van der Waals surface area (Å²) in [5.74, 6) is -6.08. The molecule has 0 aromatic heterocycles. The van der Waals surface area contributed by atoms with Crippen LogP contribution < -0.4 is 0 Å². The minimum absolute atomic E-state index is 0.0752. The van der Waals surface area contributed by atoms with Gasteiger partial charge >= 0.3 is 5.97 Å². The smallest absolute Gasteiger partial charge is 0.309 e. The van der Waals surface area contributed by atoms with Gasteiger partial charge in [0.25, 0.3) is 0 Å². The first-order chi connectivity index (χ1) is 30.7. The van der Waals surface area contributed by atoms with Crippen molar-refractivity contribution in [2.24, 2.45) is 11.8 Å². The minimum atomic E-state index is -3.28. The molecule has 3 fully saturated rings. The number of rotatable bonds is 27. The molecule has 0 aromatic rings. The van der Waals surface area contributed by atoms with E-state index in [0.29, 0.717) is 0 Å². The fourth-order valence-electron chi connectivity index (χ4n) is 7.45. The van der Waals surface area contributed by atoms with Gasteiger partial charge in [0.15, 0.2) is 31.5 Å². The van der Waals surface area contributed by atoms with Crippen LogP contribution in [0.15, 0.2) is 0 Å². The standard InChI is InChI=1S/C37H70O28/c1-6-57-34-27(53)31(29(19(11-42)59-34)61-20(46)12-43)65-37(54,56-5)32(14(3)16(45)8-39)64-36-26(52)30(63-33(55-4)24(50)21(47)13(2)15(44)7-38)28(18(10-41)60-36)62-35-25(51)23(49)22(48)17(9-40)58-35/h13-36,38-54H,6-12H2,1-5H3/t13?,14?,15-,16-,17?,18?,19?,20-,21?,22?,23?,24?,25?,26?,27?,28?,29?,30?,31?,32?,33?,34?,35?,36?,37?/m1/s1. The Balaban J connectivity index is 2.16. The van der Waals surface area contributed by atoms with Gasteiger partial charge in [-0.1, -0.05) is 13.8 Å². The van der Waals surface area contributed by atoms with Gasteiger partial charge in [-0.05, 0) is 6.92 Å². The Labute approximate surface area is 373 Å². The van der Waals surface area contributed by atoms with Crippen molar-refractivity contribution in [2.45, 2.75) is 162 Å². The highest BCUT2D eigenvalue weighted by Crippen LogP contribution is 2.38. The Bertz CT molecular complexity index is 1330. The van der Waals surface area contributed by atoms with E-state index in [-0.39, 0.29) is 6.61 Å². The molecule has 17 N–H and O–H groups in total. The fraction of sp³-hybridized carbons (Fsp3) is 1.00. The van der Waals surface area contributed by atoms with Crippen LogP contribution in [0.3, 0.4) is 0 Å². The van der Waals surface area contributed by atoms with E-state index in [2.05, 4.69) is 0 Å². The summed E-state index contributed by atoms with van der Waals surface area (Å²) >= 11 is 0. The molecule has 3 heterocycles. The summed E-state index contributed by atoms with van der Waals surface area (Å²) in [6, 6.07) is 0. The molecule has 3 rings (SSSR count). The van der Waals surface area contributed by atoms with Gasteiger partial charge in [0.2, 0.25) is 0 Å². The zero-order valence-corrected chi connectivity index (χ0v) is 36.4. The van der Waals surface area contributed by atoms with Gasteiger partial charge < -0.3 is 139 Å². The first-order valence-corrected chi connectivity index (χ1v) is 20.8. The van der Waals surface area contributed by atoms with Crippen molar-refractivity contribution in [3.63, 3.8) is 0 Å². The van der Waals surface area contributed by atoms with Gasteiger partial charge in [-0.15, -0.1) is 0 Å². The summed E-state index contributed by atoms with van der Waals surface area (Å²) in [5, 5.41) is 180. The SMILES string of the molecule is CCOC1OC(CO)C(O[C@@H](O)CO)C(OC(O)(OC)C(OC2OC(CO)C(OC3OC(CO)C(O)C(O)C3O)C(OC(OC)C(O)C(O)C(C)[C@H](O)CO)C2O)C(C)[C@H](O)CO)C1O. The third-order valence-electron chi connectivity index (χ3n) is 11.5. The minimum Gasteiger partial charge on any atom is -0.394 e. The molecule has 28 heteroatoms. The topological polar surface area (TPSA) is 445 Å². The number of aliphatic hydroxyl groups is 17. The molecule has 3 aliphatic rings. The van der Waals surface area contributed by atoms with Crippen LogP contribution in [0.2, 0.25) is 0 Å². The van der Waals surface area contributed by atoms with Gasteiger partial charge in [0.05, 0.1) is 58.0 Å². The van der Waals surface area contributed by atoms with Crippen LogP contribution in [0.25, 0.3) is 0 Å². The highest BCUT2D eigenvalue weighted by Gasteiger charge is 2.58. The van der Waals surface area contributed by atoms with E-state index in [1.807, 2.05) is 0 Å². The number of hydrogen-bond acceptors (Lipinski definition) is 28. The summed E-state index contributed by atoms with van der Waals surface area (Å²) in [6.45, 7) is -1.85. The van der Waals surface area contributed by atoms with Crippen LogP contribution in [0, 0.1) is 11.8 Å². The predicted octanol–water partition coefficient (Wildman–Crippen LogP) is -9.82. The van der Waals surface area contributed by atoms with Gasteiger partial charge in [-0.3, -0.25) is 0 Å². The Kier molecular flexibility index (Phi) is 23.9. The maximum absolute atomic E-state index is 12.2. The molecule has 0 saturated carbocycles. The second kappa shape index (κ2) is 26.7. The fourth-order valence-corrected chi connectivity index (χ4v) is 7.45. The second-order valence-corrected chi connectivity index (χ2v) is 15.8. The van der Waals surface area contributed by atoms with Crippen LogP contribution in [0.5, 0.6) is 0 Å². The molecule has 65 heavy (non-hydrogen) atoms. The van der Waals surface area contributed by atoms with Crippen LogP contribution in [0.4, 0.5) is 0 Å². The number of ether oxygens (including phenoxy) is 11. The molecule has 0 aliphatic carbocycles. The predicted molar refractivity (Wildman–Crippen MR) is 206 cm³/mol. The first-order valence-electron chi connectivity index (χ1n) is 20.8. The van der Waals surface area contributed by atoms with Crippen molar-refractivity contribution < 1.29 is 139 Å². The summed E-state index contributed by atoms with van der Waals surface area (Å²) in [5.41, 5.74) is 0. The molecule has 22 unspecified atom stereocenters. The lowest BCUT2D eigenvalue weighted by molar-refractivity contribution is -0.460. The highest BCUT2D eigenvalue weighted by atomic mass is 16.9. The van der Waals surface area contributed by atoms with Crippen LogP contribution in [-0.4, -0.2) is 288 Å². The number of aliphatic hydroxyl groups excluding tert-OH is 16. The molecule has 386 valence electrons. The summed E-state index contributed by atoms with van der Waals surface area (Å²) < 4.78 is 62.2. The van der Waals surface area contributed by atoms with Gasteiger partial charge in [0, 0.05) is 32.7 Å². The molecular weight excluding hydrogens is 892 g/mol. The summed E-state index contributed by atoms with van der Waals surface area (Å²) in [6.07, 6.45) is -42.2. The van der Waals surface area contributed by atoms with E-state index < -0.39 is 193 Å². The van der Waals surface area contributed by atoms with Crippen molar-refractivity contribution in [1.29, 1.82) is 0 Å². The molecular formula is C37H70O28. The lowest BCUT2D eigenvalue weighted by Gasteiger charge is -2.50. The number of hydrogen-bond donors (Lipinski definition) is 17. The van der Waals surface area contributed by atoms with Gasteiger partial charge in [-0.25, -0.2) is 0 Å². The lowest BCUT2D eigenvalue weighted by atomic mass is 9.93. The monoisotopic (exact) mass is 962 g/mol. The number of methoxy groups -OCH3 is 2. The third kappa shape index (κ3) is 13.8. The maximum atomic E-state index is 12.2. The molecule has 25 atom stereocenters. The van der Waals surface area contributed by atoms with Crippen molar-refractivity contribution in [1.82, 2.24) is 0 Å². The van der Waals surface area contributed by atoms with Crippen molar-refractivity contribution in [3.05, 3.63) is 0 Å². The molecule has 0 radical (unpaired) electrons. The van der Waals surface area contributed by atoms with Crippen molar-refractivity contribution in [3.8, 4) is 0 Å². The lowest BCUT2D eigenvalue weighted by Crippen LogP contribution is -2.68. The zero-order chi connectivity index (χ0) is 49.1. The molecule has 0 amide bonds. The molecule has 0 bridgehead atoms. The summed E-state index contributed by atoms with van der Waals surface area (Å²) in [7, 11) is 1.82. The van der Waals surface area contributed by atoms with E-state index in [9.17, 15) is 86.8 Å². The normalized spacial score (nSPS) is 38.8. The molecule has 0 spiro atoms. The average molecular weight is 963 g/mol. The average Bonchev–Trinajstić information content (AvgIpc) is 3.31. The van der Waals surface area contributed by atoms with E-state index in [4.69, 9.17) is 52.1 Å². The Morgan fingerprint density at radius 1 is 0.554 bits per heavy atom. The molecule has 28 nitrogen and oxygen atoms in total. The third-order valence-corrected chi connectivity index (χ3v) is 11.5. The Morgan fingerprint density at radius 3 is 1.62 bits per heavy atom. The maximum Gasteiger partial charge on any atom is 0.309 e. The van der Waals surface area contributed by atoms with E-state index in [0.717, 1.165) is 14.2 Å². The first kappa shape index (κ1) is 58.2. The molecule has 3 saturated heterocycles. The largest absolute Gasteiger partial charge is 0.394 e. The van der Waals surface area contributed by atoms with Crippen LogP contribution in [0.1, 0.15) is 20.8 Å². The van der Waals surface area contributed by atoms with E-state index >= 15 is 0 Å². The quantitative estimate of drug-likeness (QED) is 0.0340. The Morgan fingerprint density at radius 2 is 1.09 bits per heavy atom. The van der Waals surface area contributed by atoms with E-state index in [1.165, 1.54) is 20.8 Å². The second-order valence-electron chi connectivity index (χ2n) is 15.8. The van der Waals surface area contributed by atoms with E-state index in [1.54, 1.807) is 0 Å². The van der Waals surface area contributed by atoms with Crippen LogP contribution in [-0.2, 0) is 52.1 Å². The Hall–Kier alpha value is -1.12. The highest BCUT2D eigenvalue weighted by molar-refractivity contribution is 4.98. The van der Waals surface area contributed by atoms with Crippen LogP contribution >= 0.6 is 0 Å². The van der Waals surface area contributed by atoms with Gasteiger partial charge in [-0.2, -0.15) is 0 Å². The van der Waals surface area contributed by atoms with Crippen molar-refractivity contribution in [2.75, 3.05) is 60.5 Å². The van der Waals surface area contributed by atoms with Crippen molar-refractivity contribution >= 4 is 0 Å².